The molecule has 0 nitrogen and oxygen atoms in total. The molecule has 0 aliphatic carbocycles. The number of rotatable bonds is 1. The maximum atomic E-state index is 2.18. The second kappa shape index (κ2) is 98.0. The molecule has 0 saturated heterocycles. The summed E-state index contributed by atoms with van der Waals surface area (Å²) < 4.78 is 0. The van der Waals surface area contributed by atoms with Crippen molar-refractivity contribution < 1.29 is 0 Å². The lowest BCUT2D eigenvalue weighted by molar-refractivity contribution is 0.886. The van der Waals surface area contributed by atoms with E-state index in [4.69, 9.17) is 0 Å². The number of hydrogen-bond acceptors (Lipinski definition) is 0. The molecule has 0 N–H and O–H groups in total. The van der Waals surface area contributed by atoms with Gasteiger partial charge in [-0.3, -0.25) is 0 Å². The monoisotopic (exact) mass is 134 g/mol. The second-order valence-electron chi connectivity index (χ2n) is 1.000. The lowest BCUT2D eigenvalue weighted by Gasteiger charge is -1.68. The van der Waals surface area contributed by atoms with E-state index in [9.17, 15) is 0 Å². The molecule has 0 aromatic heterocycles. The zero-order valence-electron chi connectivity index (χ0n) is 7.41. The Balaban J connectivity index is -0.0000000221. The van der Waals surface area contributed by atoms with Gasteiger partial charge >= 0.3 is 0 Å². The highest BCUT2D eigenvalue weighted by atomic mass is 13.6. The van der Waals surface area contributed by atoms with Crippen LogP contribution in [-0.2, 0) is 0 Å². The maximum Gasteiger partial charge on any atom is -0.0564 e. The third kappa shape index (κ3) is 288. The number of hydrogen-bond donors (Lipinski definition) is 0. The van der Waals surface area contributed by atoms with Gasteiger partial charge in [0, 0.05) is 0 Å². The summed E-state index contributed by atoms with van der Waals surface area (Å²) in [5, 5.41) is 0. The zero-order valence-corrected chi connectivity index (χ0v) is 7.41. The van der Waals surface area contributed by atoms with Gasteiger partial charge in [0.15, 0.2) is 0 Å². The van der Waals surface area contributed by atoms with Crippen LogP contribution in [0.3, 0.4) is 0 Å². The van der Waals surface area contributed by atoms with Gasteiger partial charge in [-0.05, 0) is 0 Å². The van der Waals surface area contributed by atoms with Crippen molar-refractivity contribution in [2.24, 2.45) is 0 Å². The molecule has 0 fully saturated rings. The Hall–Kier alpha value is 0. The van der Waals surface area contributed by atoms with E-state index in [2.05, 4.69) is 13.8 Å². The van der Waals surface area contributed by atoms with Crippen molar-refractivity contribution in [1.82, 2.24) is 0 Å². The molecule has 0 spiro atoms. The Kier molecular flexibility index (Phi) is 251. The van der Waals surface area contributed by atoms with Gasteiger partial charge in [-0.25, -0.2) is 0 Å². The Morgan fingerprint density at radius 3 is 0.778 bits per heavy atom. The summed E-state index contributed by atoms with van der Waals surface area (Å²) >= 11 is 0. The van der Waals surface area contributed by atoms with Crippen LogP contribution in [0, 0.1) is 0 Å². The Morgan fingerprint density at radius 1 is 0.667 bits per heavy atom. The fraction of sp³-hybridized carbons (Fsp3) is 1.00. The molecule has 0 aromatic rings. The molecule has 0 aromatic carbocycles. The van der Waals surface area contributed by atoms with Crippen molar-refractivity contribution in [3.8, 4) is 0 Å². The Bertz CT molecular complexity index is 2.00. The van der Waals surface area contributed by atoms with E-state index in [1.807, 2.05) is 27.7 Å². The van der Waals surface area contributed by atoms with Gasteiger partial charge in [-0.1, -0.05) is 61.8 Å². The van der Waals surface area contributed by atoms with E-state index >= 15 is 0 Å². The second-order valence-corrected chi connectivity index (χ2v) is 1.000. The SMILES string of the molecule is C.CC.CC.CCCC. The topological polar surface area (TPSA) is 0 Å². The zero-order chi connectivity index (χ0) is 7.41. The molecule has 0 atom stereocenters. The highest BCUT2D eigenvalue weighted by Crippen LogP contribution is 1.76. The average molecular weight is 134 g/mol. The summed E-state index contributed by atoms with van der Waals surface area (Å²) in [6.45, 7) is 12.4. The normalized spacial score (nSPS) is 4.67. The van der Waals surface area contributed by atoms with E-state index in [0.29, 0.717) is 0 Å². The van der Waals surface area contributed by atoms with Gasteiger partial charge in [0.1, 0.15) is 0 Å². The van der Waals surface area contributed by atoms with Gasteiger partial charge in [-0.15, -0.1) is 0 Å². The van der Waals surface area contributed by atoms with Gasteiger partial charge in [0.25, 0.3) is 0 Å². The van der Waals surface area contributed by atoms with Crippen molar-refractivity contribution in [1.29, 1.82) is 0 Å². The van der Waals surface area contributed by atoms with E-state index in [1.54, 1.807) is 0 Å². The van der Waals surface area contributed by atoms with Crippen LogP contribution in [0.5, 0.6) is 0 Å². The molecular formula is C9H26. The van der Waals surface area contributed by atoms with E-state index in [1.165, 1.54) is 12.8 Å². The molecule has 0 unspecified atom stereocenters. The summed E-state index contributed by atoms with van der Waals surface area (Å²) in [6.07, 6.45) is 2.64. The highest BCUT2D eigenvalue weighted by Gasteiger charge is 1.56. The molecule has 0 aliphatic rings. The van der Waals surface area contributed by atoms with Crippen LogP contribution in [-0.4, -0.2) is 0 Å². The fourth-order valence-electron chi connectivity index (χ4n) is 0. The minimum atomic E-state index is 0. The highest BCUT2D eigenvalue weighted by molar-refractivity contribution is 4.12. The maximum absolute atomic E-state index is 2.18. The van der Waals surface area contributed by atoms with Crippen LogP contribution in [0.2, 0.25) is 0 Å². The standard InChI is InChI=1S/C4H10.2C2H6.CH4/c1-3-4-2;2*1-2;/h3-4H2,1-2H3;2*1-2H3;1H4. The first-order valence-corrected chi connectivity index (χ1v) is 3.91. The summed E-state index contributed by atoms with van der Waals surface area (Å²) in [5.41, 5.74) is 0. The molecule has 0 aliphatic heterocycles. The van der Waals surface area contributed by atoms with Crippen LogP contribution in [0.1, 0.15) is 61.8 Å². The molecule has 0 rings (SSSR count). The van der Waals surface area contributed by atoms with Crippen molar-refractivity contribution in [2.75, 3.05) is 0 Å². The lowest BCUT2D eigenvalue weighted by Crippen LogP contribution is -1.47. The third-order valence-electron chi connectivity index (χ3n) is 0.500. The quantitative estimate of drug-likeness (QED) is 0.495. The third-order valence-corrected chi connectivity index (χ3v) is 0.500. The minimum Gasteiger partial charge on any atom is -0.0776 e. The van der Waals surface area contributed by atoms with Crippen molar-refractivity contribution in [3.05, 3.63) is 0 Å². The lowest BCUT2D eigenvalue weighted by atomic mass is 10.4. The first-order chi connectivity index (χ1) is 3.91. The molecule has 0 saturated carbocycles. The van der Waals surface area contributed by atoms with E-state index < -0.39 is 0 Å². The Morgan fingerprint density at radius 2 is 0.778 bits per heavy atom. The van der Waals surface area contributed by atoms with Crippen molar-refractivity contribution >= 4 is 0 Å². The molecule has 9 heavy (non-hydrogen) atoms. The molecular weight excluding hydrogens is 108 g/mol. The smallest absolute Gasteiger partial charge is 0.0564 e. The van der Waals surface area contributed by atoms with E-state index in [0.717, 1.165) is 0 Å². The van der Waals surface area contributed by atoms with Crippen LogP contribution >= 0.6 is 0 Å². The van der Waals surface area contributed by atoms with Gasteiger partial charge in [0.05, 0.1) is 0 Å². The largest absolute Gasteiger partial charge is 0.0776 e. The Labute approximate surface area is 62.7 Å². The van der Waals surface area contributed by atoms with Crippen LogP contribution < -0.4 is 0 Å². The molecule has 0 amide bonds. The van der Waals surface area contributed by atoms with Gasteiger partial charge in [-0.2, -0.15) is 0 Å². The summed E-state index contributed by atoms with van der Waals surface area (Å²) in [5.74, 6) is 0. The molecule has 0 bridgehead atoms. The van der Waals surface area contributed by atoms with Crippen molar-refractivity contribution in [2.45, 2.75) is 61.8 Å². The van der Waals surface area contributed by atoms with E-state index in [-0.39, 0.29) is 7.43 Å². The van der Waals surface area contributed by atoms with Crippen LogP contribution in [0.25, 0.3) is 0 Å². The fourth-order valence-corrected chi connectivity index (χ4v) is 0. The van der Waals surface area contributed by atoms with Gasteiger partial charge < -0.3 is 0 Å². The minimum absolute atomic E-state index is 0. The summed E-state index contributed by atoms with van der Waals surface area (Å²) in [4.78, 5) is 0. The average Bonchev–Trinajstić information content (AvgIpc) is 1.96. The predicted octanol–water partition coefficient (Wildman–Crippen LogP) is 4.49. The van der Waals surface area contributed by atoms with Gasteiger partial charge in [0.2, 0.25) is 0 Å². The number of unbranched alkanes of at least 4 members (excludes halogenated alkanes) is 1. The molecule has 0 heteroatoms. The molecule has 62 valence electrons. The summed E-state index contributed by atoms with van der Waals surface area (Å²) in [6, 6.07) is 0. The first kappa shape index (κ1) is 23.0. The first-order valence-electron chi connectivity index (χ1n) is 3.91. The van der Waals surface area contributed by atoms with Crippen LogP contribution in [0.15, 0.2) is 0 Å². The predicted molar refractivity (Wildman–Crippen MR) is 50.0 cm³/mol. The summed E-state index contributed by atoms with van der Waals surface area (Å²) in [7, 11) is 0. The van der Waals surface area contributed by atoms with Crippen molar-refractivity contribution in [3.63, 3.8) is 0 Å². The molecule has 0 radical (unpaired) electrons. The van der Waals surface area contributed by atoms with Crippen LogP contribution in [0.4, 0.5) is 0 Å². The molecule has 0 heterocycles.